The Labute approximate surface area is 95.6 Å². The van der Waals surface area contributed by atoms with E-state index in [1.54, 1.807) is 0 Å². The van der Waals surface area contributed by atoms with Crippen molar-refractivity contribution in [3.8, 4) is 0 Å². The number of carbonyl (C=O) groups excluding carboxylic acids is 1. The van der Waals surface area contributed by atoms with E-state index in [9.17, 15) is 13.6 Å². The van der Waals surface area contributed by atoms with Crippen LogP contribution < -0.4 is 29.6 Å². The average molecular weight is 200 g/mol. The molecular weight excluding hydrogens is 191 g/mol. The first-order valence-corrected chi connectivity index (χ1v) is 4.45. The van der Waals surface area contributed by atoms with Gasteiger partial charge in [-0.15, -0.1) is 0 Å². The van der Waals surface area contributed by atoms with Gasteiger partial charge in [0.15, 0.2) is 0 Å². The molecule has 1 unspecified atom stereocenters. The Balaban J connectivity index is 0.00000121. The number of hydrogen-bond donors (Lipinski definition) is 0. The van der Waals surface area contributed by atoms with Crippen LogP contribution in [-0.2, 0) is 20.6 Å². The van der Waals surface area contributed by atoms with E-state index in [4.69, 9.17) is 0 Å². The average Bonchev–Trinajstić information content (AvgIpc) is 1.83. The van der Waals surface area contributed by atoms with Crippen LogP contribution in [0.4, 0.5) is 0 Å². The summed E-state index contributed by atoms with van der Waals surface area (Å²) >= 11 is -2.02. The molecule has 1 saturated carbocycles. The Bertz CT molecular complexity index is 190. The number of rotatable bonds is 2. The fourth-order valence-electron chi connectivity index (χ4n) is 1.08. The van der Waals surface area contributed by atoms with Crippen LogP contribution in [-0.4, -0.2) is 27.1 Å². The van der Waals surface area contributed by atoms with E-state index in [2.05, 4.69) is 4.74 Å². The van der Waals surface area contributed by atoms with Crippen molar-refractivity contribution in [2.45, 2.75) is 18.1 Å². The summed E-state index contributed by atoms with van der Waals surface area (Å²) < 4.78 is 25.0. The van der Waals surface area contributed by atoms with Gasteiger partial charge in [-0.3, -0.25) is 9.00 Å². The second-order valence-electron chi connectivity index (χ2n) is 2.57. The summed E-state index contributed by atoms with van der Waals surface area (Å²) in [6.07, 6.45) is 0.839. The molecule has 0 spiro atoms. The molecule has 0 aliphatic heterocycles. The van der Waals surface area contributed by atoms with Crippen molar-refractivity contribution in [1.82, 2.24) is 0 Å². The molecule has 0 heterocycles. The van der Waals surface area contributed by atoms with Crippen LogP contribution >= 0.6 is 0 Å². The van der Waals surface area contributed by atoms with Gasteiger partial charge in [-0.1, -0.05) is 11.1 Å². The van der Waals surface area contributed by atoms with E-state index in [0.29, 0.717) is 12.8 Å². The summed E-state index contributed by atoms with van der Waals surface area (Å²) in [5.41, 5.74) is 0. The molecule has 12 heavy (non-hydrogen) atoms. The van der Waals surface area contributed by atoms with Gasteiger partial charge in [0.1, 0.15) is 0 Å². The first-order chi connectivity index (χ1) is 5.15. The van der Waals surface area contributed by atoms with E-state index in [0.717, 1.165) is 0 Å². The molecule has 4 nitrogen and oxygen atoms in total. The van der Waals surface area contributed by atoms with E-state index in [1.807, 2.05) is 0 Å². The standard InChI is InChI=1S/C6H10O4S.Na/c1-10-6(7)4-2-5(3-4)11(8)9;/h4-5H,2-3H2,1H3,(H,8,9);/q;+1/p-1. The van der Waals surface area contributed by atoms with E-state index >= 15 is 0 Å². The van der Waals surface area contributed by atoms with Gasteiger partial charge >= 0.3 is 35.5 Å². The summed E-state index contributed by atoms with van der Waals surface area (Å²) in [5.74, 6) is -0.491. The SMILES string of the molecule is COC(=O)C1CC(S(=O)[O-])C1.[Na+]. The maximum atomic E-state index is 10.7. The van der Waals surface area contributed by atoms with Crippen LogP contribution in [0.1, 0.15) is 12.8 Å². The maximum Gasteiger partial charge on any atom is 1.00 e. The van der Waals surface area contributed by atoms with Crippen molar-refractivity contribution in [1.29, 1.82) is 0 Å². The topological polar surface area (TPSA) is 66.4 Å². The van der Waals surface area contributed by atoms with Gasteiger partial charge in [0.2, 0.25) is 0 Å². The monoisotopic (exact) mass is 200 g/mol. The molecule has 0 aromatic rings. The summed E-state index contributed by atoms with van der Waals surface area (Å²) in [6.45, 7) is 0. The smallest absolute Gasteiger partial charge is 0.772 e. The van der Waals surface area contributed by atoms with Crippen molar-refractivity contribution in [3.05, 3.63) is 0 Å². The quantitative estimate of drug-likeness (QED) is 0.268. The van der Waals surface area contributed by atoms with E-state index < -0.39 is 11.1 Å². The minimum Gasteiger partial charge on any atom is -0.772 e. The Hall–Kier alpha value is 0.580. The van der Waals surface area contributed by atoms with Gasteiger partial charge in [0.05, 0.1) is 13.0 Å². The zero-order chi connectivity index (χ0) is 8.43. The fraction of sp³-hybridized carbons (Fsp3) is 0.833. The van der Waals surface area contributed by atoms with Crippen LogP contribution in [0.5, 0.6) is 0 Å². The summed E-state index contributed by atoms with van der Waals surface area (Å²) in [5, 5.41) is -0.334. The first kappa shape index (κ1) is 12.6. The molecule has 0 radical (unpaired) electrons. The number of ether oxygens (including phenoxy) is 1. The summed E-state index contributed by atoms with van der Waals surface area (Å²) in [7, 11) is 1.31. The molecule has 0 bridgehead atoms. The molecule has 0 saturated heterocycles. The third kappa shape index (κ3) is 2.81. The maximum absolute atomic E-state index is 10.7. The Kier molecular flexibility index (Phi) is 5.60. The van der Waals surface area contributed by atoms with Crippen molar-refractivity contribution in [2.24, 2.45) is 5.92 Å². The second kappa shape index (κ2) is 5.34. The van der Waals surface area contributed by atoms with Crippen LogP contribution in [0.15, 0.2) is 0 Å². The van der Waals surface area contributed by atoms with Gasteiger partial charge in [-0.25, -0.2) is 0 Å². The number of hydrogen-bond acceptors (Lipinski definition) is 4. The molecule has 0 amide bonds. The third-order valence-electron chi connectivity index (χ3n) is 1.90. The molecule has 0 N–H and O–H groups in total. The zero-order valence-electron chi connectivity index (χ0n) is 7.11. The molecule has 1 aliphatic rings. The molecule has 1 aliphatic carbocycles. The molecule has 1 rings (SSSR count). The minimum absolute atomic E-state index is 0. The second-order valence-corrected chi connectivity index (χ2v) is 3.76. The first-order valence-electron chi connectivity index (χ1n) is 3.31. The molecule has 0 aromatic heterocycles. The van der Waals surface area contributed by atoms with Crippen molar-refractivity contribution in [3.63, 3.8) is 0 Å². The van der Waals surface area contributed by atoms with Gasteiger partial charge in [-0.2, -0.15) is 0 Å². The summed E-state index contributed by atoms with van der Waals surface area (Å²) in [6, 6.07) is 0. The van der Waals surface area contributed by atoms with E-state index in [1.165, 1.54) is 7.11 Å². The normalized spacial score (nSPS) is 29.5. The van der Waals surface area contributed by atoms with Crippen molar-refractivity contribution in [2.75, 3.05) is 7.11 Å². The van der Waals surface area contributed by atoms with Crippen LogP contribution in [0.3, 0.4) is 0 Å². The van der Waals surface area contributed by atoms with Gasteiger partial charge in [-0.05, 0) is 12.8 Å². The Morgan fingerprint density at radius 1 is 1.58 bits per heavy atom. The summed E-state index contributed by atoms with van der Waals surface area (Å²) in [4.78, 5) is 10.7. The predicted octanol–water partition coefficient (Wildman–Crippen LogP) is -3.18. The van der Waals surface area contributed by atoms with Gasteiger partial charge < -0.3 is 9.29 Å². The van der Waals surface area contributed by atoms with E-state index in [-0.39, 0.29) is 46.7 Å². The zero-order valence-corrected chi connectivity index (χ0v) is 9.93. The Morgan fingerprint density at radius 2 is 2.08 bits per heavy atom. The Morgan fingerprint density at radius 3 is 2.42 bits per heavy atom. The molecular formula is C6H9NaO4S. The third-order valence-corrected chi connectivity index (χ3v) is 2.83. The van der Waals surface area contributed by atoms with Crippen molar-refractivity contribution >= 4 is 17.0 Å². The predicted molar refractivity (Wildman–Crippen MR) is 37.4 cm³/mol. The number of carbonyl (C=O) groups is 1. The van der Waals surface area contributed by atoms with Crippen molar-refractivity contribution < 1.29 is 47.9 Å². The molecule has 6 heteroatoms. The van der Waals surface area contributed by atoms with Gasteiger partial charge in [0.25, 0.3) is 0 Å². The molecule has 1 atom stereocenters. The fourth-order valence-corrected chi connectivity index (χ4v) is 1.86. The molecule has 64 valence electrons. The van der Waals surface area contributed by atoms with Crippen LogP contribution in [0, 0.1) is 5.92 Å². The van der Waals surface area contributed by atoms with Crippen LogP contribution in [0.25, 0.3) is 0 Å². The van der Waals surface area contributed by atoms with Gasteiger partial charge in [0, 0.05) is 5.25 Å². The van der Waals surface area contributed by atoms with Crippen LogP contribution in [0.2, 0.25) is 0 Å². The molecule has 0 aromatic carbocycles. The largest absolute Gasteiger partial charge is 1.00 e. The number of methoxy groups -OCH3 is 1. The molecule has 1 fully saturated rings. The number of esters is 1. The minimum atomic E-state index is -2.02.